The van der Waals surface area contributed by atoms with Gasteiger partial charge >= 0.3 is 12.2 Å². The van der Waals surface area contributed by atoms with Crippen molar-refractivity contribution in [2.75, 3.05) is 18.6 Å². The number of rotatable bonds is 8. The molecule has 0 saturated carbocycles. The maximum absolute atomic E-state index is 13.8. The minimum Gasteiger partial charge on any atom is -0.497 e. The summed E-state index contributed by atoms with van der Waals surface area (Å²) >= 11 is 0. The van der Waals surface area contributed by atoms with Crippen LogP contribution in [0.5, 0.6) is 17.6 Å². The summed E-state index contributed by atoms with van der Waals surface area (Å²) in [5, 5.41) is 4.60. The Morgan fingerprint density at radius 1 is 0.925 bits per heavy atom. The second-order valence-corrected chi connectivity index (χ2v) is 11.2. The molecule has 4 aromatic rings. The number of nitrogens with zero attached hydrogens (tertiary/aromatic N) is 6. The van der Waals surface area contributed by atoms with Gasteiger partial charge in [0.25, 0.3) is 0 Å². The molecule has 0 unspecified atom stereocenters. The highest BCUT2D eigenvalue weighted by molar-refractivity contribution is 5.76. The minimum atomic E-state index is -4.48. The fourth-order valence-corrected chi connectivity index (χ4v) is 3.88. The maximum Gasteiger partial charge on any atom is 0.405 e. The van der Waals surface area contributed by atoms with E-state index in [1.807, 2.05) is 41.5 Å². The summed E-state index contributed by atoms with van der Waals surface area (Å²) in [7, 11) is 1.53. The molecule has 0 aliphatic heterocycles. The van der Waals surface area contributed by atoms with Gasteiger partial charge in [-0.1, -0.05) is 12.1 Å². The van der Waals surface area contributed by atoms with Crippen LogP contribution < -0.4 is 19.1 Å². The number of anilines is 1. The van der Waals surface area contributed by atoms with Crippen LogP contribution in [0.2, 0.25) is 0 Å². The van der Waals surface area contributed by atoms with Crippen LogP contribution in [-0.4, -0.2) is 55.6 Å². The smallest absolute Gasteiger partial charge is 0.405 e. The van der Waals surface area contributed by atoms with Crippen molar-refractivity contribution in [1.29, 1.82) is 0 Å². The van der Waals surface area contributed by atoms with Gasteiger partial charge in [0.15, 0.2) is 5.65 Å². The van der Waals surface area contributed by atoms with Gasteiger partial charge in [-0.25, -0.2) is 14.5 Å². The summed E-state index contributed by atoms with van der Waals surface area (Å²) in [6, 6.07) is 8.53. The lowest BCUT2D eigenvalue weighted by Crippen LogP contribution is -2.34. The number of aromatic nitrogens is 5. The van der Waals surface area contributed by atoms with Crippen LogP contribution >= 0.6 is 0 Å². The van der Waals surface area contributed by atoms with E-state index in [9.17, 15) is 13.2 Å². The highest BCUT2D eigenvalue weighted by atomic mass is 19.4. The van der Waals surface area contributed by atoms with Crippen LogP contribution in [0.4, 0.5) is 18.9 Å². The molecule has 12 heteroatoms. The molecule has 0 bridgehead atoms. The van der Waals surface area contributed by atoms with Gasteiger partial charge in [0.05, 0.1) is 18.4 Å². The summed E-state index contributed by atoms with van der Waals surface area (Å²) in [5.41, 5.74) is 0.681. The first-order chi connectivity index (χ1) is 18.6. The molecule has 0 atom stereocenters. The van der Waals surface area contributed by atoms with E-state index in [4.69, 9.17) is 14.2 Å². The highest BCUT2D eigenvalue weighted by Crippen LogP contribution is 2.35. The SMILES string of the molecule is COc1ccc(CN(CC(F)(F)F)c2cc(-c3cnc(OC(C)(C)C)nc3OC(C)(C)C)nn3ccnc23)cc1. The van der Waals surface area contributed by atoms with Crippen molar-refractivity contribution >= 4 is 11.3 Å². The minimum absolute atomic E-state index is 0.0321. The zero-order chi connectivity index (χ0) is 29.3. The molecule has 3 aromatic heterocycles. The average Bonchev–Trinajstić information content (AvgIpc) is 3.29. The Labute approximate surface area is 230 Å². The number of methoxy groups -OCH3 is 1. The van der Waals surface area contributed by atoms with Gasteiger partial charge in [0.1, 0.15) is 29.2 Å². The largest absolute Gasteiger partial charge is 0.497 e. The van der Waals surface area contributed by atoms with E-state index >= 15 is 0 Å². The lowest BCUT2D eigenvalue weighted by molar-refractivity contribution is -0.119. The second kappa shape index (κ2) is 10.8. The van der Waals surface area contributed by atoms with Crippen LogP contribution in [0.3, 0.4) is 0 Å². The number of alkyl halides is 3. The second-order valence-electron chi connectivity index (χ2n) is 11.2. The molecule has 0 fully saturated rings. The summed E-state index contributed by atoms with van der Waals surface area (Å²) in [6.07, 6.45) is 0.0818. The maximum atomic E-state index is 13.8. The quantitative estimate of drug-likeness (QED) is 0.256. The van der Waals surface area contributed by atoms with Crippen molar-refractivity contribution < 1.29 is 27.4 Å². The Morgan fingerprint density at radius 3 is 2.20 bits per heavy atom. The van der Waals surface area contributed by atoms with Crippen LogP contribution in [-0.2, 0) is 6.54 Å². The van der Waals surface area contributed by atoms with Crippen LogP contribution in [0.1, 0.15) is 47.1 Å². The predicted octanol–water partition coefficient (Wildman–Crippen LogP) is 6.12. The van der Waals surface area contributed by atoms with Gasteiger partial charge in [-0.3, -0.25) is 0 Å². The van der Waals surface area contributed by atoms with Crippen molar-refractivity contribution in [2.45, 2.75) is 65.5 Å². The van der Waals surface area contributed by atoms with E-state index in [0.29, 0.717) is 22.6 Å². The normalized spacial score (nSPS) is 12.4. The number of hydrogen-bond acceptors (Lipinski definition) is 8. The van der Waals surface area contributed by atoms with Crippen molar-refractivity contribution in [3.05, 3.63) is 54.5 Å². The first-order valence-electron chi connectivity index (χ1n) is 12.6. The van der Waals surface area contributed by atoms with Crippen molar-refractivity contribution in [3.8, 4) is 28.9 Å². The molecule has 9 nitrogen and oxygen atoms in total. The van der Waals surface area contributed by atoms with Crippen molar-refractivity contribution in [2.24, 2.45) is 0 Å². The fraction of sp³-hybridized carbons (Fsp3) is 0.429. The fourth-order valence-electron chi connectivity index (χ4n) is 3.88. The number of imidazole rings is 1. The number of hydrogen-bond donors (Lipinski definition) is 0. The van der Waals surface area contributed by atoms with E-state index in [0.717, 1.165) is 0 Å². The van der Waals surface area contributed by atoms with E-state index < -0.39 is 23.9 Å². The molecule has 0 N–H and O–H groups in total. The number of benzene rings is 1. The third kappa shape index (κ3) is 7.51. The molecular formula is C28H33F3N6O3. The molecule has 1 aromatic carbocycles. The predicted molar refractivity (Wildman–Crippen MR) is 145 cm³/mol. The Kier molecular flexibility index (Phi) is 7.82. The van der Waals surface area contributed by atoms with E-state index in [2.05, 4.69) is 20.1 Å². The van der Waals surface area contributed by atoms with Gasteiger partial charge in [0, 0.05) is 25.1 Å². The highest BCUT2D eigenvalue weighted by Gasteiger charge is 2.33. The Hall–Kier alpha value is -4.09. The third-order valence-corrected chi connectivity index (χ3v) is 5.39. The first-order valence-corrected chi connectivity index (χ1v) is 12.6. The van der Waals surface area contributed by atoms with E-state index in [-0.39, 0.29) is 29.8 Å². The lowest BCUT2D eigenvalue weighted by Gasteiger charge is -2.27. The van der Waals surface area contributed by atoms with E-state index in [1.54, 1.807) is 36.5 Å². The number of halogens is 3. The third-order valence-electron chi connectivity index (χ3n) is 5.39. The average molecular weight is 559 g/mol. The van der Waals surface area contributed by atoms with Gasteiger partial charge in [0.2, 0.25) is 5.88 Å². The molecule has 40 heavy (non-hydrogen) atoms. The van der Waals surface area contributed by atoms with Gasteiger partial charge in [-0.2, -0.15) is 23.3 Å². The van der Waals surface area contributed by atoms with Crippen molar-refractivity contribution in [3.63, 3.8) is 0 Å². The monoisotopic (exact) mass is 558 g/mol. The standard InChI is InChI=1S/C28H33F3N6O3/c1-26(2,3)39-24-20(15-33-25(34-24)40-27(4,5)6)21-14-22(23-32-12-13-37(23)35-21)36(17-28(29,30)31)16-18-8-10-19(38-7)11-9-18/h8-15H,16-17H2,1-7H3. The molecule has 3 heterocycles. The number of ether oxygens (including phenoxy) is 3. The number of fused-ring (bicyclic) bond motifs is 1. The molecule has 0 aliphatic carbocycles. The summed E-state index contributed by atoms with van der Waals surface area (Å²) < 4.78 is 60.1. The molecule has 0 aliphatic rings. The molecule has 4 rings (SSSR count). The molecule has 0 saturated heterocycles. The van der Waals surface area contributed by atoms with Crippen LogP contribution in [0.25, 0.3) is 16.9 Å². The zero-order valence-electron chi connectivity index (χ0n) is 23.6. The van der Waals surface area contributed by atoms with Gasteiger partial charge < -0.3 is 19.1 Å². The molecule has 0 amide bonds. The van der Waals surface area contributed by atoms with E-state index in [1.165, 1.54) is 28.9 Å². The molecule has 0 radical (unpaired) electrons. The lowest BCUT2D eigenvalue weighted by atomic mass is 10.1. The van der Waals surface area contributed by atoms with Crippen LogP contribution in [0.15, 0.2) is 48.9 Å². The molecular weight excluding hydrogens is 525 g/mol. The summed E-state index contributed by atoms with van der Waals surface area (Å²) in [5.74, 6) is 0.801. The Bertz CT molecular complexity index is 1460. The summed E-state index contributed by atoms with van der Waals surface area (Å²) in [6.45, 7) is 9.96. The Morgan fingerprint density at radius 2 is 1.60 bits per heavy atom. The van der Waals surface area contributed by atoms with Crippen LogP contribution in [0, 0.1) is 0 Å². The first kappa shape index (κ1) is 28.9. The van der Waals surface area contributed by atoms with Crippen molar-refractivity contribution in [1.82, 2.24) is 24.6 Å². The van der Waals surface area contributed by atoms with Gasteiger partial charge in [-0.05, 0) is 65.3 Å². The Balaban J connectivity index is 1.85. The van der Waals surface area contributed by atoms with Gasteiger partial charge in [-0.15, -0.1) is 0 Å². The topological polar surface area (TPSA) is 86.9 Å². The molecule has 214 valence electrons. The summed E-state index contributed by atoms with van der Waals surface area (Å²) in [4.78, 5) is 14.3. The zero-order valence-corrected chi connectivity index (χ0v) is 23.6. The molecule has 0 spiro atoms.